The Labute approximate surface area is 124 Å². The lowest BCUT2D eigenvalue weighted by Crippen LogP contribution is -2.38. The topological polar surface area (TPSA) is 6.48 Å². The van der Waals surface area contributed by atoms with Crippen LogP contribution in [0.2, 0.25) is 0 Å². The van der Waals surface area contributed by atoms with Crippen LogP contribution in [0.4, 0.5) is 13.2 Å². The molecule has 2 nitrogen and oxygen atoms in total. The van der Waals surface area contributed by atoms with Crippen molar-refractivity contribution in [3.05, 3.63) is 34.9 Å². The maximum atomic E-state index is 12.5. The normalized spacial score (nSPS) is 16.3. The number of rotatable bonds is 5. The molecule has 1 aliphatic heterocycles. The summed E-state index contributed by atoms with van der Waals surface area (Å²) in [5, 5.41) is 0. The molecule has 1 aliphatic rings. The van der Waals surface area contributed by atoms with Gasteiger partial charge in [-0.1, -0.05) is 32.0 Å². The highest BCUT2D eigenvalue weighted by atomic mass is 19.4. The van der Waals surface area contributed by atoms with Crippen molar-refractivity contribution in [2.45, 2.75) is 39.5 Å². The van der Waals surface area contributed by atoms with Crippen molar-refractivity contribution >= 4 is 0 Å². The summed E-state index contributed by atoms with van der Waals surface area (Å²) in [6.45, 7) is 7.27. The van der Waals surface area contributed by atoms with Gasteiger partial charge in [-0.2, -0.15) is 13.2 Å². The van der Waals surface area contributed by atoms with Gasteiger partial charge in [0.05, 0.1) is 6.54 Å². The van der Waals surface area contributed by atoms with Crippen molar-refractivity contribution in [3.8, 4) is 0 Å². The van der Waals surface area contributed by atoms with Gasteiger partial charge >= 0.3 is 6.18 Å². The number of nitrogens with zero attached hydrogens (tertiary/aromatic N) is 2. The van der Waals surface area contributed by atoms with E-state index in [2.05, 4.69) is 24.8 Å². The summed E-state index contributed by atoms with van der Waals surface area (Å²) in [6.07, 6.45) is -3.41. The van der Waals surface area contributed by atoms with Gasteiger partial charge in [-0.3, -0.25) is 9.80 Å². The zero-order chi connectivity index (χ0) is 15.5. The molecule has 0 saturated heterocycles. The molecule has 1 aromatic rings. The summed E-state index contributed by atoms with van der Waals surface area (Å²) in [4.78, 5) is 3.81. The average molecular weight is 300 g/mol. The zero-order valence-electron chi connectivity index (χ0n) is 12.7. The SMILES string of the molecule is CCN(CC)Cc1ccc2c(c1)CCN(CC(F)(F)F)C2. The standard InChI is InChI=1S/C16H23F3N2/c1-3-20(4-2)10-13-5-6-15-11-21(12-16(17,18)19)8-7-14(15)9-13/h5-6,9H,3-4,7-8,10-12H2,1-2H3. The van der Waals surface area contributed by atoms with Gasteiger partial charge in [0.15, 0.2) is 0 Å². The molecule has 1 heterocycles. The van der Waals surface area contributed by atoms with Crippen LogP contribution in [0, 0.1) is 0 Å². The quantitative estimate of drug-likeness (QED) is 0.822. The maximum absolute atomic E-state index is 12.5. The third-order valence-corrected chi connectivity index (χ3v) is 4.07. The van der Waals surface area contributed by atoms with E-state index in [1.54, 1.807) is 0 Å². The van der Waals surface area contributed by atoms with Crippen LogP contribution in [0.15, 0.2) is 18.2 Å². The minimum absolute atomic E-state index is 0.403. The monoisotopic (exact) mass is 300 g/mol. The molecule has 0 radical (unpaired) electrons. The van der Waals surface area contributed by atoms with E-state index in [9.17, 15) is 13.2 Å². The van der Waals surface area contributed by atoms with Gasteiger partial charge < -0.3 is 0 Å². The minimum Gasteiger partial charge on any atom is -0.300 e. The molecule has 1 aromatic carbocycles. The first-order chi connectivity index (χ1) is 9.91. The lowest BCUT2D eigenvalue weighted by Gasteiger charge is -2.30. The van der Waals surface area contributed by atoms with E-state index in [0.29, 0.717) is 19.5 Å². The van der Waals surface area contributed by atoms with Crippen LogP contribution >= 0.6 is 0 Å². The summed E-state index contributed by atoms with van der Waals surface area (Å²) in [7, 11) is 0. The number of benzene rings is 1. The molecular weight excluding hydrogens is 277 g/mol. The van der Waals surface area contributed by atoms with Crippen LogP contribution < -0.4 is 0 Å². The Bertz CT molecular complexity index is 467. The summed E-state index contributed by atoms with van der Waals surface area (Å²) in [6, 6.07) is 6.21. The van der Waals surface area contributed by atoms with E-state index in [1.165, 1.54) is 16.0 Å². The molecule has 0 N–H and O–H groups in total. The molecule has 0 aromatic heterocycles. The van der Waals surface area contributed by atoms with E-state index < -0.39 is 12.7 Å². The molecule has 0 aliphatic carbocycles. The summed E-state index contributed by atoms with van der Waals surface area (Å²) < 4.78 is 37.4. The van der Waals surface area contributed by atoms with Crippen LogP contribution in [-0.4, -0.2) is 42.2 Å². The second-order valence-electron chi connectivity index (χ2n) is 5.64. The fraction of sp³-hybridized carbons (Fsp3) is 0.625. The summed E-state index contributed by atoms with van der Waals surface area (Å²) in [5.41, 5.74) is 3.49. The molecule has 2 rings (SSSR count). The second-order valence-corrected chi connectivity index (χ2v) is 5.64. The van der Waals surface area contributed by atoms with Crippen molar-refractivity contribution in [2.24, 2.45) is 0 Å². The molecule has 118 valence electrons. The highest BCUT2D eigenvalue weighted by Gasteiger charge is 2.32. The number of hydrogen-bond donors (Lipinski definition) is 0. The smallest absolute Gasteiger partial charge is 0.300 e. The lowest BCUT2D eigenvalue weighted by molar-refractivity contribution is -0.147. The zero-order valence-corrected chi connectivity index (χ0v) is 12.7. The molecule has 0 atom stereocenters. The van der Waals surface area contributed by atoms with Gasteiger partial charge in [-0.15, -0.1) is 0 Å². The number of hydrogen-bond acceptors (Lipinski definition) is 2. The number of alkyl halides is 3. The highest BCUT2D eigenvalue weighted by molar-refractivity contribution is 5.34. The van der Waals surface area contributed by atoms with Crippen molar-refractivity contribution in [2.75, 3.05) is 26.2 Å². The summed E-state index contributed by atoms with van der Waals surface area (Å²) >= 11 is 0. The largest absolute Gasteiger partial charge is 0.401 e. The van der Waals surface area contributed by atoms with E-state index >= 15 is 0 Å². The predicted molar refractivity (Wildman–Crippen MR) is 78.1 cm³/mol. The first-order valence-electron chi connectivity index (χ1n) is 7.53. The Morgan fingerprint density at radius 3 is 2.48 bits per heavy atom. The fourth-order valence-electron chi connectivity index (χ4n) is 2.86. The molecule has 21 heavy (non-hydrogen) atoms. The maximum Gasteiger partial charge on any atom is 0.401 e. The Kier molecular flexibility index (Phi) is 5.27. The van der Waals surface area contributed by atoms with Gasteiger partial charge in [0.2, 0.25) is 0 Å². The van der Waals surface area contributed by atoms with E-state index in [1.807, 2.05) is 12.1 Å². The molecule has 0 fully saturated rings. The van der Waals surface area contributed by atoms with Crippen molar-refractivity contribution in [1.29, 1.82) is 0 Å². The van der Waals surface area contributed by atoms with Crippen LogP contribution in [-0.2, 0) is 19.5 Å². The van der Waals surface area contributed by atoms with Gasteiger partial charge in [-0.25, -0.2) is 0 Å². The van der Waals surface area contributed by atoms with Gasteiger partial charge in [0, 0.05) is 19.6 Å². The second kappa shape index (κ2) is 6.79. The van der Waals surface area contributed by atoms with Crippen LogP contribution in [0.25, 0.3) is 0 Å². The molecule has 0 saturated carbocycles. The minimum atomic E-state index is -4.11. The highest BCUT2D eigenvalue weighted by Crippen LogP contribution is 2.24. The van der Waals surface area contributed by atoms with Crippen LogP contribution in [0.5, 0.6) is 0 Å². The Balaban J connectivity index is 2.03. The van der Waals surface area contributed by atoms with Crippen LogP contribution in [0.3, 0.4) is 0 Å². The van der Waals surface area contributed by atoms with E-state index in [-0.39, 0.29) is 0 Å². The molecule has 5 heteroatoms. The van der Waals surface area contributed by atoms with Gasteiger partial charge in [0.25, 0.3) is 0 Å². The lowest BCUT2D eigenvalue weighted by atomic mass is 9.97. The van der Waals surface area contributed by atoms with Crippen molar-refractivity contribution in [1.82, 2.24) is 9.80 Å². The number of halogens is 3. The Morgan fingerprint density at radius 1 is 1.14 bits per heavy atom. The molecule has 0 unspecified atom stereocenters. The summed E-state index contributed by atoms with van der Waals surface area (Å²) in [5.74, 6) is 0. The average Bonchev–Trinajstić information content (AvgIpc) is 2.43. The predicted octanol–water partition coefficient (Wildman–Crippen LogP) is 3.45. The van der Waals surface area contributed by atoms with Crippen molar-refractivity contribution in [3.63, 3.8) is 0 Å². The third-order valence-electron chi connectivity index (χ3n) is 4.07. The Hall–Kier alpha value is -1.07. The molecule has 0 spiro atoms. The van der Waals surface area contributed by atoms with Crippen LogP contribution in [0.1, 0.15) is 30.5 Å². The first kappa shape index (κ1) is 16.3. The van der Waals surface area contributed by atoms with Gasteiger partial charge in [-0.05, 0) is 36.2 Å². The third kappa shape index (κ3) is 4.71. The Morgan fingerprint density at radius 2 is 1.86 bits per heavy atom. The molecule has 0 bridgehead atoms. The van der Waals surface area contributed by atoms with E-state index in [0.717, 1.165) is 25.2 Å². The fourth-order valence-corrected chi connectivity index (χ4v) is 2.86. The van der Waals surface area contributed by atoms with E-state index in [4.69, 9.17) is 0 Å². The number of fused-ring (bicyclic) bond motifs is 1. The molecule has 0 amide bonds. The van der Waals surface area contributed by atoms with Crippen molar-refractivity contribution < 1.29 is 13.2 Å². The first-order valence-corrected chi connectivity index (χ1v) is 7.53. The van der Waals surface area contributed by atoms with Gasteiger partial charge in [0.1, 0.15) is 0 Å². The molecular formula is C16H23F3N2.